The molecule has 1 N–H and O–H groups in total. The Kier molecular flexibility index (Phi) is 10.4. The van der Waals surface area contributed by atoms with Crippen molar-refractivity contribution in [1.82, 2.24) is 10.2 Å². The van der Waals surface area contributed by atoms with Crippen LogP contribution in [-0.4, -0.2) is 50.7 Å². The molecule has 0 spiro atoms. The summed E-state index contributed by atoms with van der Waals surface area (Å²) in [5, 5.41) is 3.11. The number of carbonyl (C=O) groups excluding carboxylic acids is 1. The summed E-state index contributed by atoms with van der Waals surface area (Å²) in [7, 11) is 3.61. The Morgan fingerprint density at radius 3 is 2.44 bits per heavy atom. The number of methoxy groups -OCH3 is 1. The molecule has 0 aromatic heterocycles. The van der Waals surface area contributed by atoms with E-state index in [2.05, 4.69) is 5.32 Å². The molecule has 0 heterocycles. The number of amides is 1. The number of rotatable bonds is 6. The smallest absolute Gasteiger partial charge is 0.236 e. The zero-order valence-corrected chi connectivity index (χ0v) is 12.4. The van der Waals surface area contributed by atoms with Gasteiger partial charge in [-0.1, -0.05) is 25.7 Å². The maximum Gasteiger partial charge on any atom is 0.236 e. The first kappa shape index (κ1) is 17.7. The van der Waals surface area contributed by atoms with E-state index in [0.29, 0.717) is 19.2 Å². The largest absolute Gasteiger partial charge is 0.383 e. The van der Waals surface area contributed by atoms with Gasteiger partial charge in [-0.25, -0.2) is 0 Å². The van der Waals surface area contributed by atoms with Crippen molar-refractivity contribution in [1.29, 1.82) is 0 Å². The van der Waals surface area contributed by atoms with Crippen LogP contribution >= 0.6 is 12.4 Å². The summed E-state index contributed by atoms with van der Waals surface area (Å²) in [5.74, 6) is 0.202. The van der Waals surface area contributed by atoms with Gasteiger partial charge in [0.15, 0.2) is 0 Å². The number of hydrogen-bond donors (Lipinski definition) is 1. The Bertz CT molecular complexity index is 219. The fourth-order valence-electron chi connectivity index (χ4n) is 2.34. The normalized spacial score (nSPS) is 16.8. The molecular weight excluding hydrogens is 252 g/mol. The molecule has 1 aliphatic rings. The highest BCUT2D eigenvalue weighted by molar-refractivity contribution is 5.85. The molecule has 1 amide bonds. The summed E-state index contributed by atoms with van der Waals surface area (Å²) in [4.78, 5) is 13.9. The SMILES string of the molecule is COCCNCC(=O)N(C)C1CCCCCC1.Cl. The number of carbonyl (C=O) groups is 1. The predicted octanol–water partition coefficient (Wildman–Crippen LogP) is 1.83. The van der Waals surface area contributed by atoms with Crippen molar-refractivity contribution in [2.75, 3.05) is 33.9 Å². The van der Waals surface area contributed by atoms with Crippen LogP contribution in [0.2, 0.25) is 0 Å². The summed E-state index contributed by atoms with van der Waals surface area (Å²) in [5.41, 5.74) is 0. The zero-order valence-electron chi connectivity index (χ0n) is 11.6. The van der Waals surface area contributed by atoms with Gasteiger partial charge in [0.1, 0.15) is 0 Å². The second kappa shape index (κ2) is 10.6. The summed E-state index contributed by atoms with van der Waals surface area (Å²) in [6.45, 7) is 1.82. The van der Waals surface area contributed by atoms with Crippen LogP contribution in [0, 0.1) is 0 Å². The molecule has 0 atom stereocenters. The maximum absolute atomic E-state index is 11.9. The Morgan fingerprint density at radius 2 is 1.89 bits per heavy atom. The van der Waals surface area contributed by atoms with Crippen LogP contribution in [0.4, 0.5) is 0 Å². The molecule has 0 aromatic rings. The van der Waals surface area contributed by atoms with Crippen molar-refractivity contribution < 1.29 is 9.53 Å². The Morgan fingerprint density at radius 1 is 1.28 bits per heavy atom. The van der Waals surface area contributed by atoms with Crippen molar-refractivity contribution in [2.45, 2.75) is 44.6 Å². The molecule has 1 fully saturated rings. The van der Waals surface area contributed by atoms with E-state index in [1.807, 2.05) is 11.9 Å². The first-order valence-electron chi connectivity index (χ1n) is 6.71. The topological polar surface area (TPSA) is 41.6 Å². The van der Waals surface area contributed by atoms with E-state index >= 15 is 0 Å². The van der Waals surface area contributed by atoms with Gasteiger partial charge in [0.05, 0.1) is 13.2 Å². The lowest BCUT2D eigenvalue weighted by molar-refractivity contribution is -0.131. The lowest BCUT2D eigenvalue weighted by Crippen LogP contribution is -2.42. The molecule has 0 unspecified atom stereocenters. The molecule has 0 aromatic carbocycles. The molecule has 4 nitrogen and oxygen atoms in total. The molecule has 5 heteroatoms. The first-order valence-corrected chi connectivity index (χ1v) is 6.71. The Labute approximate surface area is 117 Å². The third kappa shape index (κ3) is 6.57. The Hall–Kier alpha value is -0.320. The van der Waals surface area contributed by atoms with Crippen molar-refractivity contribution >= 4 is 18.3 Å². The summed E-state index contributed by atoms with van der Waals surface area (Å²) in [6.07, 6.45) is 7.51. The highest BCUT2D eigenvalue weighted by Gasteiger charge is 2.20. The maximum atomic E-state index is 11.9. The minimum Gasteiger partial charge on any atom is -0.383 e. The van der Waals surface area contributed by atoms with Crippen LogP contribution in [0.25, 0.3) is 0 Å². The van der Waals surface area contributed by atoms with Gasteiger partial charge in [0, 0.05) is 26.7 Å². The number of halogens is 1. The highest BCUT2D eigenvalue weighted by Crippen LogP contribution is 2.20. The number of likely N-dealkylation sites (N-methyl/N-ethyl adjacent to an activating group) is 1. The number of nitrogens with one attached hydrogen (secondary N) is 1. The third-order valence-electron chi connectivity index (χ3n) is 3.52. The van der Waals surface area contributed by atoms with Gasteiger partial charge in [-0.3, -0.25) is 4.79 Å². The summed E-state index contributed by atoms with van der Waals surface area (Å²) >= 11 is 0. The molecule has 0 bridgehead atoms. The van der Waals surface area contributed by atoms with Crippen molar-refractivity contribution in [3.8, 4) is 0 Å². The van der Waals surface area contributed by atoms with Crippen LogP contribution in [0.5, 0.6) is 0 Å². The summed E-state index contributed by atoms with van der Waals surface area (Å²) in [6, 6.07) is 0.453. The Balaban J connectivity index is 0.00000289. The van der Waals surface area contributed by atoms with E-state index in [0.717, 1.165) is 6.54 Å². The van der Waals surface area contributed by atoms with Gasteiger partial charge < -0.3 is 15.0 Å². The van der Waals surface area contributed by atoms with E-state index in [1.54, 1.807) is 7.11 Å². The van der Waals surface area contributed by atoms with Gasteiger partial charge >= 0.3 is 0 Å². The van der Waals surface area contributed by atoms with E-state index in [1.165, 1.54) is 38.5 Å². The lowest BCUT2D eigenvalue weighted by atomic mass is 10.1. The first-order chi connectivity index (χ1) is 8.25. The van der Waals surface area contributed by atoms with E-state index in [-0.39, 0.29) is 18.3 Å². The number of ether oxygens (including phenoxy) is 1. The fraction of sp³-hybridized carbons (Fsp3) is 0.923. The molecule has 0 radical (unpaired) electrons. The minimum absolute atomic E-state index is 0. The molecule has 0 aliphatic heterocycles. The molecule has 108 valence electrons. The molecule has 1 rings (SSSR count). The monoisotopic (exact) mass is 278 g/mol. The van der Waals surface area contributed by atoms with E-state index in [4.69, 9.17) is 4.74 Å². The molecule has 1 saturated carbocycles. The van der Waals surface area contributed by atoms with Gasteiger partial charge in [-0.05, 0) is 12.8 Å². The highest BCUT2D eigenvalue weighted by atomic mass is 35.5. The van der Waals surface area contributed by atoms with E-state index in [9.17, 15) is 4.79 Å². The second-order valence-electron chi connectivity index (χ2n) is 4.82. The van der Waals surface area contributed by atoms with Crippen LogP contribution in [0.1, 0.15) is 38.5 Å². The zero-order chi connectivity index (χ0) is 12.5. The molecule has 1 aliphatic carbocycles. The van der Waals surface area contributed by atoms with E-state index < -0.39 is 0 Å². The van der Waals surface area contributed by atoms with Crippen molar-refractivity contribution in [3.63, 3.8) is 0 Å². The lowest BCUT2D eigenvalue weighted by Gasteiger charge is -2.27. The van der Waals surface area contributed by atoms with Crippen molar-refractivity contribution in [2.24, 2.45) is 0 Å². The van der Waals surface area contributed by atoms with Crippen LogP contribution in [0.3, 0.4) is 0 Å². The van der Waals surface area contributed by atoms with Gasteiger partial charge in [0.25, 0.3) is 0 Å². The van der Waals surface area contributed by atoms with Crippen molar-refractivity contribution in [3.05, 3.63) is 0 Å². The summed E-state index contributed by atoms with van der Waals surface area (Å²) < 4.78 is 4.93. The average Bonchev–Trinajstić information content (AvgIpc) is 2.62. The standard InChI is InChI=1S/C13H26N2O2.ClH/c1-15(12-7-5-3-4-6-8-12)13(16)11-14-9-10-17-2;/h12,14H,3-11H2,1-2H3;1H. The average molecular weight is 279 g/mol. The van der Waals surface area contributed by atoms with Crippen LogP contribution in [-0.2, 0) is 9.53 Å². The van der Waals surface area contributed by atoms with Crippen LogP contribution < -0.4 is 5.32 Å². The van der Waals surface area contributed by atoms with Gasteiger partial charge in [-0.2, -0.15) is 0 Å². The molecular formula is C13H27ClN2O2. The van der Waals surface area contributed by atoms with Gasteiger partial charge in [0.2, 0.25) is 5.91 Å². The molecule has 0 saturated heterocycles. The second-order valence-corrected chi connectivity index (χ2v) is 4.82. The number of nitrogens with zero attached hydrogens (tertiary/aromatic N) is 1. The number of hydrogen-bond acceptors (Lipinski definition) is 3. The quantitative estimate of drug-likeness (QED) is 0.595. The minimum atomic E-state index is 0. The van der Waals surface area contributed by atoms with Gasteiger partial charge in [-0.15, -0.1) is 12.4 Å². The van der Waals surface area contributed by atoms with Crippen LogP contribution in [0.15, 0.2) is 0 Å². The fourth-order valence-corrected chi connectivity index (χ4v) is 2.34. The molecule has 18 heavy (non-hydrogen) atoms. The predicted molar refractivity (Wildman–Crippen MR) is 76.3 cm³/mol. The third-order valence-corrected chi connectivity index (χ3v) is 3.52.